The molecule has 0 amide bonds. The second kappa shape index (κ2) is 10.3. The number of nitrogens with zero attached hydrogens (tertiary/aromatic N) is 1. The van der Waals surface area contributed by atoms with Crippen molar-refractivity contribution >= 4 is 28.7 Å². The predicted octanol–water partition coefficient (Wildman–Crippen LogP) is 4.89. The van der Waals surface area contributed by atoms with Crippen LogP contribution in [0.3, 0.4) is 0 Å². The molecule has 0 fully saturated rings. The Labute approximate surface area is 198 Å². The first-order valence-electron chi connectivity index (χ1n) is 11.1. The summed E-state index contributed by atoms with van der Waals surface area (Å²) in [6, 6.07) is 20.8. The number of pyridine rings is 1. The number of esters is 1. The van der Waals surface area contributed by atoms with Crippen LogP contribution in [-0.4, -0.2) is 23.4 Å². The fourth-order valence-corrected chi connectivity index (χ4v) is 3.93. The van der Waals surface area contributed by atoms with E-state index >= 15 is 0 Å². The highest BCUT2D eigenvalue weighted by atomic mass is 16.5. The minimum atomic E-state index is -0.607. The number of rotatable bonds is 8. The van der Waals surface area contributed by atoms with E-state index in [0.29, 0.717) is 5.56 Å². The van der Waals surface area contributed by atoms with Crippen LogP contribution >= 0.6 is 0 Å². The third-order valence-electron chi connectivity index (χ3n) is 5.84. The van der Waals surface area contributed by atoms with Crippen LogP contribution in [0.1, 0.15) is 38.5 Å². The summed E-state index contributed by atoms with van der Waals surface area (Å²) < 4.78 is 5.47. The Morgan fingerprint density at radius 3 is 2.56 bits per heavy atom. The number of hydrogen-bond donors (Lipinski definition) is 2. The van der Waals surface area contributed by atoms with Gasteiger partial charge in [0.25, 0.3) is 0 Å². The highest BCUT2D eigenvalue weighted by molar-refractivity contribution is 5.91. The van der Waals surface area contributed by atoms with Gasteiger partial charge in [0.05, 0.1) is 17.6 Å². The van der Waals surface area contributed by atoms with E-state index in [9.17, 15) is 9.59 Å². The molecule has 0 saturated heterocycles. The molecule has 0 aliphatic carbocycles. The first kappa shape index (κ1) is 23.1. The Kier molecular flexibility index (Phi) is 6.99. The van der Waals surface area contributed by atoms with Gasteiger partial charge in [0.1, 0.15) is 12.9 Å². The Balaban J connectivity index is 1.39. The van der Waals surface area contributed by atoms with Crippen LogP contribution in [-0.2, 0) is 16.1 Å². The smallest absolute Gasteiger partial charge is 0.338 e. The van der Waals surface area contributed by atoms with Crippen molar-refractivity contribution in [3.63, 3.8) is 0 Å². The van der Waals surface area contributed by atoms with Crippen molar-refractivity contribution in [1.29, 1.82) is 0 Å². The van der Waals surface area contributed by atoms with E-state index in [1.807, 2.05) is 74.5 Å². The first-order valence-corrected chi connectivity index (χ1v) is 11.1. The van der Waals surface area contributed by atoms with E-state index in [1.165, 1.54) is 0 Å². The number of carbonyl (C=O) groups excluding carboxylic acids is 2. The molecule has 6 nitrogen and oxygen atoms in total. The molecule has 0 radical (unpaired) electrons. The number of aryl methyl sites for hydroxylation is 2. The van der Waals surface area contributed by atoms with Crippen molar-refractivity contribution in [2.75, 3.05) is 5.32 Å². The fourth-order valence-electron chi connectivity index (χ4n) is 3.93. The topological polar surface area (TPSA) is 94.3 Å². The van der Waals surface area contributed by atoms with Crippen molar-refractivity contribution in [1.82, 2.24) is 4.98 Å². The molecule has 4 aromatic rings. The molecule has 1 unspecified atom stereocenters. The van der Waals surface area contributed by atoms with Gasteiger partial charge in [-0.2, -0.15) is 0 Å². The van der Waals surface area contributed by atoms with Gasteiger partial charge in [-0.15, -0.1) is 0 Å². The second-order valence-corrected chi connectivity index (χ2v) is 8.41. The number of aromatic nitrogens is 1. The summed E-state index contributed by atoms with van der Waals surface area (Å²) in [7, 11) is 0. The van der Waals surface area contributed by atoms with Gasteiger partial charge in [-0.3, -0.25) is 4.98 Å². The Morgan fingerprint density at radius 2 is 1.82 bits per heavy atom. The van der Waals surface area contributed by atoms with E-state index in [4.69, 9.17) is 10.5 Å². The summed E-state index contributed by atoms with van der Waals surface area (Å²) in [5.41, 5.74) is 11.3. The average molecular weight is 454 g/mol. The third-order valence-corrected chi connectivity index (χ3v) is 5.84. The maximum absolute atomic E-state index is 12.4. The molecule has 172 valence electrons. The predicted molar refractivity (Wildman–Crippen MR) is 134 cm³/mol. The van der Waals surface area contributed by atoms with Gasteiger partial charge in [-0.05, 0) is 60.2 Å². The van der Waals surface area contributed by atoms with E-state index in [1.54, 1.807) is 18.5 Å². The van der Waals surface area contributed by atoms with E-state index in [-0.39, 0.29) is 12.6 Å². The molecule has 1 aromatic heterocycles. The molecule has 6 heteroatoms. The molecule has 34 heavy (non-hydrogen) atoms. The summed E-state index contributed by atoms with van der Waals surface area (Å²) >= 11 is 0. The van der Waals surface area contributed by atoms with Gasteiger partial charge in [0.15, 0.2) is 0 Å². The maximum atomic E-state index is 12.4. The van der Waals surface area contributed by atoms with Gasteiger partial charge < -0.3 is 20.6 Å². The fraction of sp³-hybridized carbons (Fsp3) is 0.179. The lowest BCUT2D eigenvalue weighted by Crippen LogP contribution is -2.37. The minimum absolute atomic E-state index is 0.147. The molecular formula is C28H27N3O3. The summed E-state index contributed by atoms with van der Waals surface area (Å²) in [4.78, 5) is 28.4. The quantitative estimate of drug-likeness (QED) is 0.224. The van der Waals surface area contributed by atoms with Gasteiger partial charge in [0, 0.05) is 23.5 Å². The van der Waals surface area contributed by atoms with Crippen LogP contribution in [0.25, 0.3) is 10.8 Å². The molecule has 0 saturated carbocycles. The molecular weight excluding hydrogens is 426 g/mol. The molecule has 1 heterocycles. The Morgan fingerprint density at radius 1 is 1.03 bits per heavy atom. The highest BCUT2D eigenvalue weighted by Gasteiger charge is 2.19. The zero-order valence-electron chi connectivity index (χ0n) is 19.2. The number of hydrogen-bond acceptors (Lipinski definition) is 6. The molecule has 3 N–H and O–H groups in total. The Bertz CT molecular complexity index is 1320. The van der Waals surface area contributed by atoms with Crippen LogP contribution in [0.15, 0.2) is 79.1 Å². The monoisotopic (exact) mass is 453 g/mol. The van der Waals surface area contributed by atoms with E-state index in [2.05, 4.69) is 10.3 Å². The number of ether oxygens (including phenoxy) is 1. The van der Waals surface area contributed by atoms with Gasteiger partial charge >= 0.3 is 5.97 Å². The van der Waals surface area contributed by atoms with Crippen LogP contribution in [0.2, 0.25) is 0 Å². The Hall–Kier alpha value is -4.03. The molecule has 4 rings (SSSR count). The number of anilines is 1. The molecule has 0 bridgehead atoms. The number of fused-ring (bicyclic) bond motifs is 1. The highest BCUT2D eigenvalue weighted by Crippen LogP contribution is 2.23. The van der Waals surface area contributed by atoms with Crippen LogP contribution in [0.5, 0.6) is 0 Å². The number of aldehydes is 1. The number of benzene rings is 3. The van der Waals surface area contributed by atoms with E-state index in [0.717, 1.165) is 45.0 Å². The van der Waals surface area contributed by atoms with Crippen molar-refractivity contribution < 1.29 is 14.3 Å². The van der Waals surface area contributed by atoms with Crippen LogP contribution in [0.4, 0.5) is 5.69 Å². The third kappa shape index (κ3) is 5.30. The molecule has 2 atom stereocenters. The van der Waals surface area contributed by atoms with Gasteiger partial charge in [0.2, 0.25) is 0 Å². The zero-order chi connectivity index (χ0) is 24.1. The normalized spacial score (nSPS) is 12.7. The number of nitrogens with one attached hydrogen (secondary N) is 1. The lowest BCUT2D eigenvalue weighted by atomic mass is 9.96. The summed E-state index contributed by atoms with van der Waals surface area (Å²) in [5, 5.41) is 5.29. The average Bonchev–Trinajstić information content (AvgIpc) is 2.83. The first-order chi connectivity index (χ1) is 16.4. The zero-order valence-corrected chi connectivity index (χ0v) is 19.2. The van der Waals surface area contributed by atoms with Gasteiger partial charge in [-0.1, -0.05) is 48.0 Å². The van der Waals surface area contributed by atoms with Gasteiger partial charge in [-0.25, -0.2) is 4.79 Å². The minimum Gasteiger partial charge on any atom is -0.457 e. The van der Waals surface area contributed by atoms with Crippen LogP contribution in [0, 0.1) is 13.8 Å². The summed E-state index contributed by atoms with van der Waals surface area (Å²) in [6.07, 6.45) is 3.78. The summed E-state index contributed by atoms with van der Waals surface area (Å²) in [6.45, 7) is 4.02. The number of carbonyl (C=O) groups is 2. The SMILES string of the molecule is Cc1ccc(C(=O)OCc2ccc(C(C=O)[C@@H](N)Nc3ccc4cnccc4c3)cc2)c(C)c1. The second-order valence-electron chi connectivity index (χ2n) is 8.41. The van der Waals surface area contributed by atoms with Crippen molar-refractivity contribution in [3.05, 3.63) is 107 Å². The van der Waals surface area contributed by atoms with Crippen molar-refractivity contribution in [2.24, 2.45) is 5.73 Å². The van der Waals surface area contributed by atoms with E-state index < -0.39 is 12.1 Å². The molecule has 0 aliphatic rings. The largest absolute Gasteiger partial charge is 0.457 e. The molecule has 3 aromatic carbocycles. The lowest BCUT2D eigenvalue weighted by Gasteiger charge is -2.22. The van der Waals surface area contributed by atoms with Crippen LogP contribution < -0.4 is 11.1 Å². The maximum Gasteiger partial charge on any atom is 0.338 e. The lowest BCUT2D eigenvalue weighted by molar-refractivity contribution is -0.109. The summed E-state index contributed by atoms with van der Waals surface area (Å²) in [5.74, 6) is -0.898. The number of nitrogens with two attached hydrogens (primary N) is 1. The van der Waals surface area contributed by atoms with Crippen molar-refractivity contribution in [2.45, 2.75) is 32.5 Å². The molecule has 0 spiro atoms. The standard InChI is InChI=1S/C28H27N3O3/c1-18-3-10-25(19(2)13-18)28(33)34-17-20-4-6-21(7-5-20)26(16-32)27(29)31-24-9-8-23-15-30-12-11-22(23)14-24/h3-16,26-27,31H,17,29H2,1-2H3/t26?,27-/m0/s1. The molecule has 0 aliphatic heterocycles. The van der Waals surface area contributed by atoms with Crippen molar-refractivity contribution in [3.8, 4) is 0 Å².